The largest absolute Gasteiger partial charge is 0.274 e. The number of rotatable bonds is 1. The number of fused-ring (bicyclic) bond motifs is 5. The van der Waals surface area contributed by atoms with E-state index in [1.807, 2.05) is 0 Å². The lowest BCUT2D eigenvalue weighted by Gasteiger charge is -2.14. The maximum absolute atomic E-state index is 12.3. The number of anilines is 1. The second-order valence-electron chi connectivity index (χ2n) is 4.83. The summed E-state index contributed by atoms with van der Waals surface area (Å²) in [6.45, 7) is 0. The Kier molecular flexibility index (Phi) is 1.71. The van der Waals surface area contributed by atoms with E-state index in [1.165, 1.54) is 16.2 Å². The Morgan fingerprint density at radius 2 is 1.82 bits per heavy atom. The predicted octanol–water partition coefficient (Wildman–Crippen LogP) is 1.45. The first-order valence-electron chi connectivity index (χ1n) is 5.73. The molecule has 0 aromatic carbocycles. The van der Waals surface area contributed by atoms with Crippen molar-refractivity contribution in [2.45, 2.75) is 6.42 Å². The highest BCUT2D eigenvalue weighted by Crippen LogP contribution is 2.53. The van der Waals surface area contributed by atoms with Crippen molar-refractivity contribution in [3.63, 3.8) is 0 Å². The molecule has 4 rings (SSSR count). The summed E-state index contributed by atoms with van der Waals surface area (Å²) in [5.74, 6) is 0.194. The Morgan fingerprint density at radius 1 is 1.18 bits per heavy atom. The maximum Gasteiger partial charge on any atom is 0.240 e. The normalized spacial score (nSPS) is 38.2. The van der Waals surface area contributed by atoms with Crippen molar-refractivity contribution < 1.29 is 9.59 Å². The highest BCUT2D eigenvalue weighted by atomic mass is 32.1. The molecule has 2 heterocycles. The Bertz CT molecular complexity index is 507. The van der Waals surface area contributed by atoms with Gasteiger partial charge in [0.2, 0.25) is 11.8 Å². The second kappa shape index (κ2) is 3.04. The summed E-state index contributed by atoms with van der Waals surface area (Å²) >= 11 is 1.34. The van der Waals surface area contributed by atoms with Crippen LogP contribution in [0.2, 0.25) is 0 Å². The van der Waals surface area contributed by atoms with Crippen molar-refractivity contribution in [3.8, 4) is 0 Å². The van der Waals surface area contributed by atoms with E-state index in [0.717, 1.165) is 6.42 Å². The first kappa shape index (κ1) is 9.53. The number of hydrogen-bond acceptors (Lipinski definition) is 4. The predicted molar refractivity (Wildman–Crippen MR) is 62.3 cm³/mol. The number of carbonyl (C=O) groups excluding carboxylic acids is 2. The van der Waals surface area contributed by atoms with E-state index in [1.54, 1.807) is 11.6 Å². The molecule has 1 aliphatic heterocycles. The quantitative estimate of drug-likeness (QED) is 0.556. The number of thiazole rings is 1. The lowest BCUT2D eigenvalue weighted by molar-refractivity contribution is -0.123. The molecule has 2 bridgehead atoms. The molecule has 2 aliphatic carbocycles. The Balaban J connectivity index is 1.79. The maximum atomic E-state index is 12.3. The van der Waals surface area contributed by atoms with Crippen LogP contribution < -0.4 is 4.90 Å². The van der Waals surface area contributed by atoms with Gasteiger partial charge in [0.05, 0.1) is 11.8 Å². The summed E-state index contributed by atoms with van der Waals surface area (Å²) in [6, 6.07) is 0. The third-order valence-corrected chi connectivity index (χ3v) is 4.84. The molecule has 1 aromatic heterocycles. The number of hydrogen-bond donors (Lipinski definition) is 0. The van der Waals surface area contributed by atoms with E-state index in [9.17, 15) is 9.59 Å². The first-order chi connectivity index (χ1) is 8.27. The molecule has 17 heavy (non-hydrogen) atoms. The molecule has 1 aromatic rings. The molecule has 4 nitrogen and oxygen atoms in total. The van der Waals surface area contributed by atoms with Gasteiger partial charge in [-0.25, -0.2) is 9.88 Å². The fourth-order valence-corrected chi connectivity index (χ4v) is 4.07. The molecule has 4 atom stereocenters. The van der Waals surface area contributed by atoms with Crippen molar-refractivity contribution in [2.24, 2.45) is 23.7 Å². The van der Waals surface area contributed by atoms with Gasteiger partial charge in [0.1, 0.15) is 0 Å². The number of amides is 2. The van der Waals surface area contributed by atoms with Crippen LogP contribution in [0.1, 0.15) is 6.42 Å². The van der Waals surface area contributed by atoms with Crippen LogP contribution in [-0.2, 0) is 9.59 Å². The van der Waals surface area contributed by atoms with Crippen LogP contribution in [0.15, 0.2) is 23.7 Å². The first-order valence-corrected chi connectivity index (χ1v) is 6.61. The lowest BCUT2D eigenvalue weighted by Crippen LogP contribution is -2.32. The van der Waals surface area contributed by atoms with Gasteiger partial charge in [-0.05, 0) is 18.3 Å². The molecule has 1 saturated carbocycles. The number of aromatic nitrogens is 1. The number of allylic oxidation sites excluding steroid dienone is 2. The minimum absolute atomic E-state index is 0.0493. The van der Waals surface area contributed by atoms with Gasteiger partial charge in [-0.3, -0.25) is 9.59 Å². The van der Waals surface area contributed by atoms with E-state index in [0.29, 0.717) is 5.13 Å². The summed E-state index contributed by atoms with van der Waals surface area (Å²) in [5.41, 5.74) is 0. The van der Waals surface area contributed by atoms with Crippen LogP contribution in [0.4, 0.5) is 5.13 Å². The molecule has 1 saturated heterocycles. The van der Waals surface area contributed by atoms with Crippen LogP contribution in [0.25, 0.3) is 0 Å². The van der Waals surface area contributed by atoms with Gasteiger partial charge in [0.25, 0.3) is 0 Å². The smallest absolute Gasteiger partial charge is 0.240 e. The fourth-order valence-electron chi connectivity index (χ4n) is 3.42. The average Bonchev–Trinajstić information content (AvgIpc) is 3.03. The Hall–Kier alpha value is -1.49. The zero-order valence-electron chi connectivity index (χ0n) is 8.95. The second-order valence-corrected chi connectivity index (χ2v) is 5.70. The zero-order chi connectivity index (χ0) is 11.6. The standard InChI is InChI=1S/C12H10N2O2S/c15-10-8-6-1-2-7(5-6)9(8)11(16)14(10)12-13-3-4-17-12/h1-4,6-9H,5H2/t6-,7-,8-,9-/m1/s1. The molecule has 0 N–H and O–H groups in total. The van der Waals surface area contributed by atoms with Crippen LogP contribution in [0, 0.1) is 23.7 Å². The van der Waals surface area contributed by atoms with E-state index in [4.69, 9.17) is 0 Å². The van der Waals surface area contributed by atoms with Gasteiger partial charge in [-0.1, -0.05) is 12.2 Å². The van der Waals surface area contributed by atoms with Gasteiger partial charge < -0.3 is 0 Å². The van der Waals surface area contributed by atoms with Gasteiger partial charge in [-0.2, -0.15) is 0 Å². The number of carbonyl (C=O) groups is 2. The topological polar surface area (TPSA) is 50.3 Å². The van der Waals surface area contributed by atoms with E-state index in [-0.39, 0.29) is 35.5 Å². The minimum atomic E-state index is -0.124. The number of imide groups is 1. The SMILES string of the molecule is O=C1[C@H]2[C@H](C(=O)N1c1nccs1)[C@@H]1C=C[C@@H]2C1. The highest BCUT2D eigenvalue weighted by Gasteiger charge is 2.60. The van der Waals surface area contributed by atoms with Crippen molar-refractivity contribution in [1.82, 2.24) is 4.98 Å². The zero-order valence-corrected chi connectivity index (χ0v) is 9.76. The number of nitrogens with zero attached hydrogens (tertiary/aromatic N) is 2. The van der Waals surface area contributed by atoms with Crippen LogP contribution in [0.3, 0.4) is 0 Å². The average molecular weight is 246 g/mol. The molecule has 3 aliphatic rings. The van der Waals surface area contributed by atoms with Crippen molar-refractivity contribution in [1.29, 1.82) is 0 Å². The minimum Gasteiger partial charge on any atom is -0.274 e. The lowest BCUT2D eigenvalue weighted by atomic mass is 9.85. The molecule has 0 unspecified atom stereocenters. The van der Waals surface area contributed by atoms with Crippen molar-refractivity contribution in [3.05, 3.63) is 23.7 Å². The van der Waals surface area contributed by atoms with Crippen molar-refractivity contribution in [2.75, 3.05) is 4.90 Å². The van der Waals surface area contributed by atoms with Gasteiger partial charge in [0, 0.05) is 11.6 Å². The summed E-state index contributed by atoms with van der Waals surface area (Å²) < 4.78 is 0. The molecule has 86 valence electrons. The summed E-state index contributed by atoms with van der Waals surface area (Å²) in [5, 5.41) is 2.31. The van der Waals surface area contributed by atoms with Gasteiger partial charge in [-0.15, -0.1) is 11.3 Å². The van der Waals surface area contributed by atoms with Gasteiger partial charge in [0.15, 0.2) is 5.13 Å². The van der Waals surface area contributed by atoms with Crippen LogP contribution in [0.5, 0.6) is 0 Å². The molecule has 0 spiro atoms. The molecule has 2 fully saturated rings. The van der Waals surface area contributed by atoms with Crippen LogP contribution >= 0.6 is 11.3 Å². The Morgan fingerprint density at radius 3 is 2.35 bits per heavy atom. The Labute approximate surface area is 102 Å². The van der Waals surface area contributed by atoms with Crippen LogP contribution in [-0.4, -0.2) is 16.8 Å². The van der Waals surface area contributed by atoms with Gasteiger partial charge >= 0.3 is 0 Å². The molecule has 5 heteroatoms. The summed E-state index contributed by atoms with van der Waals surface area (Å²) in [6.07, 6.45) is 6.80. The molecule has 2 amide bonds. The summed E-state index contributed by atoms with van der Waals surface area (Å²) in [7, 11) is 0. The fraction of sp³-hybridized carbons (Fsp3) is 0.417. The third-order valence-electron chi connectivity index (χ3n) is 4.08. The van der Waals surface area contributed by atoms with Crippen molar-refractivity contribution >= 4 is 28.3 Å². The summed E-state index contributed by atoms with van der Waals surface area (Å²) in [4.78, 5) is 30.0. The van der Waals surface area contributed by atoms with E-state index in [2.05, 4.69) is 17.1 Å². The highest BCUT2D eigenvalue weighted by molar-refractivity contribution is 7.14. The monoisotopic (exact) mass is 246 g/mol. The van der Waals surface area contributed by atoms with E-state index >= 15 is 0 Å². The third kappa shape index (κ3) is 1.05. The van der Waals surface area contributed by atoms with E-state index < -0.39 is 0 Å². The molecular formula is C12H10N2O2S. The molecule has 0 radical (unpaired) electrons. The molecular weight excluding hydrogens is 236 g/mol.